The van der Waals surface area contributed by atoms with Crippen molar-refractivity contribution < 1.29 is 4.39 Å². The summed E-state index contributed by atoms with van der Waals surface area (Å²) < 4.78 is 13.2. The Morgan fingerprint density at radius 2 is 2.10 bits per heavy atom. The Kier molecular flexibility index (Phi) is 4.79. The molecule has 2 rings (SSSR count). The minimum Gasteiger partial charge on any atom is -0.373 e. The molecule has 1 aromatic heterocycles. The average Bonchev–Trinajstić information content (AvgIpc) is 2.46. The van der Waals surface area contributed by atoms with Crippen molar-refractivity contribution in [2.75, 3.05) is 30.6 Å². The van der Waals surface area contributed by atoms with Crippen molar-refractivity contribution in [2.24, 2.45) is 0 Å². The molecular formula is C14H17FN4S. The Hall–Kier alpha value is -1.82. The van der Waals surface area contributed by atoms with Gasteiger partial charge in [0, 0.05) is 26.7 Å². The summed E-state index contributed by atoms with van der Waals surface area (Å²) in [5, 5.41) is 3.73. The number of benzene rings is 1. The van der Waals surface area contributed by atoms with E-state index in [9.17, 15) is 4.39 Å². The summed E-state index contributed by atoms with van der Waals surface area (Å²) in [5.74, 6) is 1.35. The third kappa shape index (κ3) is 3.60. The number of thioether (sulfide) groups is 1. The molecule has 0 aliphatic heterocycles. The Bertz CT molecular complexity index is 569. The fourth-order valence-corrected chi connectivity index (χ4v) is 2.19. The highest BCUT2D eigenvalue weighted by atomic mass is 32.2. The van der Waals surface area contributed by atoms with Crippen molar-refractivity contribution in [2.45, 2.75) is 11.7 Å². The summed E-state index contributed by atoms with van der Waals surface area (Å²) in [6.07, 6.45) is 1.94. The fourth-order valence-electron chi connectivity index (χ4n) is 1.82. The minimum absolute atomic E-state index is 0.223. The summed E-state index contributed by atoms with van der Waals surface area (Å²) in [5.41, 5.74) is 0.905. The normalized spacial score (nSPS) is 10.4. The number of rotatable bonds is 5. The standard InChI is InChI=1S/C14H17FN4S/c1-16-12-8-13(18-14(17-12)20-3)19(2)9-10-5-4-6-11(15)7-10/h4-8H,9H2,1-3H3,(H,16,17,18). The minimum atomic E-state index is -0.223. The van der Waals surface area contributed by atoms with Crippen molar-refractivity contribution in [3.63, 3.8) is 0 Å². The molecule has 0 unspecified atom stereocenters. The number of nitrogens with one attached hydrogen (secondary N) is 1. The van der Waals surface area contributed by atoms with Gasteiger partial charge >= 0.3 is 0 Å². The van der Waals surface area contributed by atoms with E-state index in [2.05, 4.69) is 15.3 Å². The van der Waals surface area contributed by atoms with Crippen LogP contribution in [0.15, 0.2) is 35.5 Å². The second-order valence-corrected chi connectivity index (χ2v) is 5.11. The molecule has 0 aliphatic carbocycles. The van der Waals surface area contributed by atoms with Crippen molar-refractivity contribution in [1.82, 2.24) is 9.97 Å². The smallest absolute Gasteiger partial charge is 0.191 e. The summed E-state index contributed by atoms with van der Waals surface area (Å²) in [7, 11) is 3.75. The largest absolute Gasteiger partial charge is 0.373 e. The maximum Gasteiger partial charge on any atom is 0.191 e. The predicted octanol–water partition coefficient (Wildman–Crippen LogP) is 3.02. The molecular weight excluding hydrogens is 275 g/mol. The average molecular weight is 292 g/mol. The zero-order valence-electron chi connectivity index (χ0n) is 11.7. The number of aromatic nitrogens is 2. The van der Waals surface area contributed by atoms with E-state index in [0.717, 1.165) is 17.2 Å². The first kappa shape index (κ1) is 14.6. The van der Waals surface area contributed by atoms with E-state index >= 15 is 0 Å². The van der Waals surface area contributed by atoms with Gasteiger partial charge in [-0.25, -0.2) is 14.4 Å². The van der Waals surface area contributed by atoms with Crippen molar-refractivity contribution in [3.8, 4) is 0 Å². The maximum absolute atomic E-state index is 13.2. The first-order chi connectivity index (χ1) is 9.62. The van der Waals surface area contributed by atoms with E-state index in [0.29, 0.717) is 11.7 Å². The van der Waals surface area contributed by atoms with Gasteiger partial charge < -0.3 is 10.2 Å². The van der Waals surface area contributed by atoms with Crippen LogP contribution in [0.4, 0.5) is 16.0 Å². The zero-order chi connectivity index (χ0) is 14.5. The number of nitrogens with zero attached hydrogens (tertiary/aromatic N) is 3. The van der Waals surface area contributed by atoms with Gasteiger partial charge in [0.15, 0.2) is 5.16 Å². The van der Waals surface area contributed by atoms with Crippen LogP contribution in [-0.2, 0) is 6.54 Å². The summed E-state index contributed by atoms with van der Waals surface area (Å²) >= 11 is 1.49. The van der Waals surface area contributed by atoms with Crippen molar-refractivity contribution in [1.29, 1.82) is 0 Å². The molecule has 0 saturated heterocycles. The summed E-state index contributed by atoms with van der Waals surface area (Å²) in [4.78, 5) is 10.8. The van der Waals surface area contributed by atoms with Crippen LogP contribution in [0, 0.1) is 5.82 Å². The number of halogens is 1. The van der Waals surface area contributed by atoms with Crippen LogP contribution in [0.2, 0.25) is 0 Å². The molecule has 4 nitrogen and oxygen atoms in total. The molecule has 0 saturated carbocycles. The molecule has 0 spiro atoms. The van der Waals surface area contributed by atoms with E-state index in [-0.39, 0.29) is 5.82 Å². The van der Waals surface area contributed by atoms with Crippen LogP contribution < -0.4 is 10.2 Å². The van der Waals surface area contributed by atoms with Gasteiger partial charge in [0.1, 0.15) is 17.5 Å². The first-order valence-corrected chi connectivity index (χ1v) is 7.41. The molecule has 0 fully saturated rings. The molecule has 1 heterocycles. The third-order valence-electron chi connectivity index (χ3n) is 2.83. The lowest BCUT2D eigenvalue weighted by Gasteiger charge is -2.19. The predicted molar refractivity (Wildman–Crippen MR) is 81.9 cm³/mol. The van der Waals surface area contributed by atoms with Crippen LogP contribution in [0.3, 0.4) is 0 Å². The summed E-state index contributed by atoms with van der Waals surface area (Å²) in [6, 6.07) is 8.46. The molecule has 0 atom stereocenters. The molecule has 1 N–H and O–H groups in total. The number of hydrogen-bond donors (Lipinski definition) is 1. The van der Waals surface area contributed by atoms with E-state index in [1.165, 1.54) is 23.9 Å². The maximum atomic E-state index is 13.2. The Balaban J connectivity index is 2.22. The molecule has 2 aromatic rings. The Labute approximate surface area is 122 Å². The van der Waals surface area contributed by atoms with E-state index in [1.807, 2.05) is 37.4 Å². The summed E-state index contributed by atoms with van der Waals surface area (Å²) in [6.45, 7) is 0.589. The highest BCUT2D eigenvalue weighted by Gasteiger charge is 2.08. The molecule has 0 bridgehead atoms. The van der Waals surface area contributed by atoms with Crippen LogP contribution in [0.5, 0.6) is 0 Å². The Morgan fingerprint density at radius 1 is 1.30 bits per heavy atom. The molecule has 1 aromatic carbocycles. The van der Waals surface area contributed by atoms with Crippen LogP contribution in [-0.4, -0.2) is 30.3 Å². The quantitative estimate of drug-likeness (QED) is 0.677. The highest BCUT2D eigenvalue weighted by molar-refractivity contribution is 7.98. The number of hydrogen-bond acceptors (Lipinski definition) is 5. The molecule has 106 valence electrons. The molecule has 0 amide bonds. The first-order valence-electron chi connectivity index (χ1n) is 6.19. The Morgan fingerprint density at radius 3 is 2.75 bits per heavy atom. The van der Waals surface area contributed by atoms with Gasteiger partial charge in [0.2, 0.25) is 0 Å². The van der Waals surface area contributed by atoms with E-state index in [4.69, 9.17) is 0 Å². The second-order valence-electron chi connectivity index (χ2n) is 4.33. The lowest BCUT2D eigenvalue weighted by Crippen LogP contribution is -2.18. The molecule has 6 heteroatoms. The van der Waals surface area contributed by atoms with Gasteiger partial charge in [-0.1, -0.05) is 23.9 Å². The molecule has 0 aliphatic rings. The number of anilines is 2. The zero-order valence-corrected chi connectivity index (χ0v) is 12.5. The lowest BCUT2D eigenvalue weighted by atomic mass is 10.2. The van der Waals surface area contributed by atoms with Gasteiger partial charge in [-0.3, -0.25) is 0 Å². The topological polar surface area (TPSA) is 41.0 Å². The fraction of sp³-hybridized carbons (Fsp3) is 0.286. The monoisotopic (exact) mass is 292 g/mol. The van der Waals surface area contributed by atoms with Crippen molar-refractivity contribution in [3.05, 3.63) is 41.7 Å². The third-order valence-corrected chi connectivity index (χ3v) is 3.38. The lowest BCUT2D eigenvalue weighted by molar-refractivity contribution is 0.625. The molecule has 20 heavy (non-hydrogen) atoms. The second kappa shape index (κ2) is 6.56. The van der Waals surface area contributed by atoms with E-state index < -0.39 is 0 Å². The van der Waals surface area contributed by atoms with Gasteiger partial charge in [0.25, 0.3) is 0 Å². The van der Waals surface area contributed by atoms with Crippen LogP contribution in [0.1, 0.15) is 5.56 Å². The van der Waals surface area contributed by atoms with Crippen molar-refractivity contribution >= 4 is 23.4 Å². The van der Waals surface area contributed by atoms with E-state index in [1.54, 1.807) is 6.07 Å². The van der Waals surface area contributed by atoms with Crippen LogP contribution in [0.25, 0.3) is 0 Å². The highest BCUT2D eigenvalue weighted by Crippen LogP contribution is 2.20. The SMILES string of the molecule is CNc1cc(N(C)Cc2cccc(F)c2)nc(SC)n1. The van der Waals surface area contributed by atoms with Gasteiger partial charge in [-0.05, 0) is 24.0 Å². The van der Waals surface area contributed by atoms with Gasteiger partial charge in [0.05, 0.1) is 0 Å². The van der Waals surface area contributed by atoms with Gasteiger partial charge in [-0.15, -0.1) is 0 Å². The van der Waals surface area contributed by atoms with Crippen LogP contribution >= 0.6 is 11.8 Å². The van der Waals surface area contributed by atoms with Gasteiger partial charge in [-0.2, -0.15) is 0 Å². The molecule has 0 radical (unpaired) electrons.